The van der Waals surface area contributed by atoms with Crippen LogP contribution in [0.5, 0.6) is 0 Å². The first kappa shape index (κ1) is 13.7. The van der Waals surface area contributed by atoms with Crippen LogP contribution in [0.25, 0.3) is 0 Å². The van der Waals surface area contributed by atoms with Crippen LogP contribution in [-0.2, 0) is 0 Å². The molecular formula is C17H17FN2O. The van der Waals surface area contributed by atoms with Crippen molar-refractivity contribution in [3.05, 3.63) is 64.7 Å². The molecule has 21 heavy (non-hydrogen) atoms. The van der Waals surface area contributed by atoms with Crippen LogP contribution in [0, 0.1) is 19.7 Å². The average Bonchev–Trinajstić information content (AvgIpc) is 2.39. The van der Waals surface area contributed by atoms with E-state index >= 15 is 0 Å². The second-order valence-corrected chi connectivity index (χ2v) is 5.54. The van der Waals surface area contributed by atoms with Gasteiger partial charge >= 0.3 is 0 Å². The molecule has 3 rings (SSSR count). The second-order valence-electron chi connectivity index (χ2n) is 5.54. The zero-order valence-corrected chi connectivity index (χ0v) is 12.1. The zero-order chi connectivity index (χ0) is 15.0. The molecule has 3 nitrogen and oxygen atoms in total. The van der Waals surface area contributed by atoms with E-state index in [0.29, 0.717) is 24.6 Å². The predicted molar refractivity (Wildman–Crippen MR) is 78.8 cm³/mol. The quantitative estimate of drug-likeness (QED) is 0.849. The summed E-state index contributed by atoms with van der Waals surface area (Å²) in [5.74, 6) is 0.0963. The van der Waals surface area contributed by atoms with Crippen molar-refractivity contribution >= 4 is 5.91 Å². The highest BCUT2D eigenvalue weighted by Crippen LogP contribution is 2.28. The van der Waals surface area contributed by atoms with Gasteiger partial charge in [-0.3, -0.25) is 9.78 Å². The normalized spacial score (nSPS) is 14.9. The summed E-state index contributed by atoms with van der Waals surface area (Å²) in [6, 6.07) is 10.2. The van der Waals surface area contributed by atoms with Crippen molar-refractivity contribution in [2.45, 2.75) is 19.8 Å². The van der Waals surface area contributed by atoms with E-state index in [-0.39, 0.29) is 11.7 Å². The number of hydrogen-bond acceptors (Lipinski definition) is 2. The molecule has 1 fully saturated rings. The summed E-state index contributed by atoms with van der Waals surface area (Å²) in [5, 5.41) is 0. The van der Waals surface area contributed by atoms with Crippen LogP contribution >= 0.6 is 0 Å². The number of aryl methyl sites for hydroxylation is 2. The summed E-state index contributed by atoms with van der Waals surface area (Å²) in [6.45, 7) is 5.13. The lowest BCUT2D eigenvalue weighted by atomic mass is 9.91. The third kappa shape index (κ3) is 2.66. The van der Waals surface area contributed by atoms with Crippen LogP contribution in [0.4, 0.5) is 4.39 Å². The largest absolute Gasteiger partial charge is 0.337 e. The van der Waals surface area contributed by atoms with E-state index in [4.69, 9.17) is 0 Å². The molecule has 1 saturated heterocycles. The molecule has 0 spiro atoms. The minimum absolute atomic E-state index is 0.0263. The number of pyridine rings is 1. The Morgan fingerprint density at radius 2 is 1.81 bits per heavy atom. The molecule has 4 heteroatoms. The molecule has 1 aromatic heterocycles. The van der Waals surface area contributed by atoms with Crippen LogP contribution in [0.1, 0.15) is 33.2 Å². The number of carbonyl (C=O) groups is 1. The van der Waals surface area contributed by atoms with Gasteiger partial charge in [0.05, 0.1) is 11.3 Å². The van der Waals surface area contributed by atoms with Gasteiger partial charge in [0.1, 0.15) is 5.82 Å². The minimum atomic E-state index is -0.229. The van der Waals surface area contributed by atoms with Gasteiger partial charge in [-0.25, -0.2) is 4.39 Å². The SMILES string of the molecule is Cc1ccc(C(=O)N2CC(c3ccc(F)cc3)C2)c(C)n1. The molecule has 0 atom stereocenters. The van der Waals surface area contributed by atoms with Gasteiger partial charge in [-0.2, -0.15) is 0 Å². The molecule has 1 aliphatic heterocycles. The summed E-state index contributed by atoms with van der Waals surface area (Å²) in [7, 11) is 0. The molecule has 2 aromatic rings. The number of rotatable bonds is 2. The van der Waals surface area contributed by atoms with Crippen LogP contribution in [0.15, 0.2) is 36.4 Å². The maximum absolute atomic E-state index is 12.9. The molecule has 108 valence electrons. The zero-order valence-electron chi connectivity index (χ0n) is 12.1. The van der Waals surface area contributed by atoms with Crippen LogP contribution in [-0.4, -0.2) is 28.9 Å². The Balaban J connectivity index is 1.68. The molecule has 0 saturated carbocycles. The third-order valence-electron chi connectivity index (χ3n) is 3.97. The lowest BCUT2D eigenvalue weighted by Crippen LogP contribution is -2.48. The van der Waals surface area contributed by atoms with Crippen LogP contribution in [0.2, 0.25) is 0 Å². The predicted octanol–water partition coefficient (Wildman–Crippen LogP) is 3.08. The summed E-state index contributed by atoms with van der Waals surface area (Å²) >= 11 is 0. The van der Waals surface area contributed by atoms with Crippen molar-refractivity contribution in [3.8, 4) is 0 Å². The summed E-state index contributed by atoms with van der Waals surface area (Å²) in [5.41, 5.74) is 3.43. The van der Waals surface area contributed by atoms with E-state index in [9.17, 15) is 9.18 Å². The molecular weight excluding hydrogens is 267 g/mol. The second kappa shape index (κ2) is 5.28. The Bertz CT molecular complexity index is 676. The fraction of sp³-hybridized carbons (Fsp3) is 0.294. The van der Waals surface area contributed by atoms with Gasteiger partial charge in [0.2, 0.25) is 0 Å². The fourth-order valence-electron chi connectivity index (χ4n) is 2.67. The Morgan fingerprint density at radius 1 is 1.14 bits per heavy atom. The molecule has 0 N–H and O–H groups in total. The van der Waals surface area contributed by atoms with E-state index in [1.54, 1.807) is 12.1 Å². The van der Waals surface area contributed by atoms with Crippen molar-refractivity contribution in [2.75, 3.05) is 13.1 Å². The van der Waals surface area contributed by atoms with Gasteiger partial charge in [0, 0.05) is 24.7 Å². The number of aromatic nitrogens is 1. The standard InChI is InChI=1S/C17H17FN2O/c1-11-3-8-16(12(2)19-11)17(21)20-9-14(10-20)13-4-6-15(18)7-5-13/h3-8,14H,9-10H2,1-2H3. The highest BCUT2D eigenvalue weighted by molar-refractivity contribution is 5.95. The van der Waals surface area contributed by atoms with Gasteiger partial charge in [0.25, 0.3) is 5.91 Å². The van der Waals surface area contributed by atoms with Crippen molar-refractivity contribution in [1.82, 2.24) is 9.88 Å². The van der Waals surface area contributed by atoms with Gasteiger partial charge in [-0.1, -0.05) is 12.1 Å². The molecule has 0 bridgehead atoms. The number of benzene rings is 1. The topological polar surface area (TPSA) is 33.2 Å². The van der Waals surface area contributed by atoms with E-state index < -0.39 is 0 Å². The first-order valence-corrected chi connectivity index (χ1v) is 7.03. The third-order valence-corrected chi connectivity index (χ3v) is 3.97. The van der Waals surface area contributed by atoms with E-state index in [0.717, 1.165) is 17.0 Å². The summed E-state index contributed by atoms with van der Waals surface area (Å²) in [6.07, 6.45) is 0. The highest BCUT2D eigenvalue weighted by atomic mass is 19.1. The molecule has 0 radical (unpaired) electrons. The minimum Gasteiger partial charge on any atom is -0.337 e. The first-order valence-electron chi connectivity index (χ1n) is 7.03. The van der Waals surface area contributed by atoms with Crippen molar-refractivity contribution in [1.29, 1.82) is 0 Å². The monoisotopic (exact) mass is 284 g/mol. The van der Waals surface area contributed by atoms with Crippen LogP contribution < -0.4 is 0 Å². The number of halogens is 1. The smallest absolute Gasteiger partial charge is 0.255 e. The molecule has 0 aliphatic carbocycles. The number of hydrogen-bond donors (Lipinski definition) is 0. The van der Waals surface area contributed by atoms with Crippen molar-refractivity contribution in [2.24, 2.45) is 0 Å². The van der Waals surface area contributed by atoms with Gasteiger partial charge < -0.3 is 4.90 Å². The molecule has 2 heterocycles. The van der Waals surface area contributed by atoms with E-state index in [1.165, 1.54) is 12.1 Å². The van der Waals surface area contributed by atoms with Crippen LogP contribution in [0.3, 0.4) is 0 Å². The molecule has 0 unspecified atom stereocenters. The summed E-state index contributed by atoms with van der Waals surface area (Å²) < 4.78 is 12.9. The van der Waals surface area contributed by atoms with Gasteiger partial charge in [0.15, 0.2) is 0 Å². The molecule has 1 aromatic carbocycles. The maximum Gasteiger partial charge on any atom is 0.255 e. The van der Waals surface area contributed by atoms with E-state index in [1.807, 2.05) is 30.9 Å². The molecule has 1 amide bonds. The number of nitrogens with zero attached hydrogens (tertiary/aromatic N) is 2. The maximum atomic E-state index is 12.9. The van der Waals surface area contributed by atoms with Crippen molar-refractivity contribution in [3.63, 3.8) is 0 Å². The Kier molecular flexibility index (Phi) is 3.45. The van der Waals surface area contributed by atoms with Crippen molar-refractivity contribution < 1.29 is 9.18 Å². The lowest BCUT2D eigenvalue weighted by molar-refractivity contribution is 0.0601. The Labute approximate surface area is 123 Å². The fourth-order valence-corrected chi connectivity index (χ4v) is 2.67. The van der Waals surface area contributed by atoms with Gasteiger partial charge in [-0.05, 0) is 43.7 Å². The number of amides is 1. The summed E-state index contributed by atoms with van der Waals surface area (Å²) in [4.78, 5) is 18.6. The number of likely N-dealkylation sites (tertiary alicyclic amines) is 1. The molecule has 1 aliphatic rings. The Hall–Kier alpha value is -2.23. The highest BCUT2D eigenvalue weighted by Gasteiger charge is 2.32. The Morgan fingerprint density at radius 3 is 2.43 bits per heavy atom. The van der Waals surface area contributed by atoms with Gasteiger partial charge in [-0.15, -0.1) is 0 Å². The van der Waals surface area contributed by atoms with E-state index in [2.05, 4.69) is 4.98 Å². The lowest BCUT2D eigenvalue weighted by Gasteiger charge is -2.39. The average molecular weight is 284 g/mol. The first-order chi connectivity index (χ1) is 10.0. The number of carbonyl (C=O) groups excluding carboxylic acids is 1.